The molecule has 0 aliphatic heterocycles. The first kappa shape index (κ1) is 64.1. The van der Waals surface area contributed by atoms with Crippen molar-refractivity contribution in [1.29, 1.82) is 0 Å². The molecule has 0 amide bonds. The van der Waals surface area contributed by atoms with E-state index in [1.807, 2.05) is 0 Å². The molecule has 14 aromatic rings. The van der Waals surface area contributed by atoms with Crippen LogP contribution in [0.4, 0.5) is 51.2 Å². The predicted octanol–water partition coefficient (Wildman–Crippen LogP) is 27.4. The minimum Gasteiger partial charge on any atom is -0.310 e. The van der Waals surface area contributed by atoms with E-state index < -0.39 is 0 Å². The Kier molecular flexibility index (Phi) is 14.3. The minimum atomic E-state index is -0.290. The molecule has 0 saturated carbocycles. The summed E-state index contributed by atoms with van der Waals surface area (Å²) in [6, 6.07) is 111. The van der Waals surface area contributed by atoms with Crippen LogP contribution in [0.25, 0.3) is 66.1 Å². The maximum Gasteiger partial charge on any atom is 0.0543 e. The van der Waals surface area contributed by atoms with Crippen molar-refractivity contribution in [3.05, 3.63) is 352 Å². The van der Waals surface area contributed by atoms with Gasteiger partial charge in [0.15, 0.2) is 0 Å². The molecule has 0 saturated heterocycles. The number of fused-ring (bicyclic) bond motifs is 16. The zero-order valence-electron chi connectivity index (χ0n) is 61.8. The molecule has 0 heterocycles. The Morgan fingerprint density at radius 2 is 0.573 bits per heavy atom. The van der Waals surface area contributed by atoms with Crippen molar-refractivity contribution < 1.29 is 0 Å². The third kappa shape index (κ3) is 9.89. The van der Waals surface area contributed by atoms with E-state index in [0.29, 0.717) is 0 Å². The maximum atomic E-state index is 2.57. The zero-order chi connectivity index (χ0) is 70.9. The number of para-hydroxylation sites is 3. The second-order valence-corrected chi connectivity index (χ2v) is 33.5. The van der Waals surface area contributed by atoms with E-state index in [-0.39, 0.29) is 32.5 Å². The Bertz CT molecular complexity index is 5710. The van der Waals surface area contributed by atoms with Gasteiger partial charge in [-0.2, -0.15) is 0 Å². The quantitative estimate of drug-likeness (QED) is 0.121. The molecule has 0 bridgehead atoms. The fourth-order valence-corrected chi connectivity index (χ4v) is 18.6. The van der Waals surface area contributed by atoms with Gasteiger partial charge in [0.2, 0.25) is 0 Å². The summed E-state index contributed by atoms with van der Waals surface area (Å²) in [5, 5.41) is 5.05. The fraction of sp³-hybridized carbons (Fsp3) is 0.200. The molecule has 0 aromatic heterocycles. The highest BCUT2D eigenvalue weighted by atomic mass is 15.2. The molecule has 0 fully saturated rings. The lowest BCUT2D eigenvalue weighted by Gasteiger charge is -2.31. The van der Waals surface area contributed by atoms with E-state index in [0.717, 1.165) is 46.2 Å². The van der Waals surface area contributed by atoms with Gasteiger partial charge < -0.3 is 14.7 Å². The van der Waals surface area contributed by atoms with Crippen LogP contribution in [0.2, 0.25) is 0 Å². The lowest BCUT2D eigenvalue weighted by Crippen LogP contribution is -2.21. The summed E-state index contributed by atoms with van der Waals surface area (Å²) in [6.45, 7) is 31.2. The second-order valence-electron chi connectivity index (χ2n) is 33.5. The summed E-state index contributed by atoms with van der Waals surface area (Å²) < 4.78 is 0. The molecule has 4 aliphatic rings. The van der Waals surface area contributed by atoms with Gasteiger partial charge in [-0.25, -0.2) is 0 Å². The van der Waals surface area contributed by atoms with Crippen LogP contribution in [0.15, 0.2) is 291 Å². The Morgan fingerprint density at radius 3 is 1.04 bits per heavy atom. The molecule has 103 heavy (non-hydrogen) atoms. The number of hydrogen-bond acceptors (Lipinski definition) is 3. The molecule has 4 aliphatic carbocycles. The molecular formula is C100H89N3. The second kappa shape index (κ2) is 23.0. The van der Waals surface area contributed by atoms with Crippen LogP contribution in [0.3, 0.4) is 0 Å². The highest BCUT2D eigenvalue weighted by Gasteiger charge is 2.46. The van der Waals surface area contributed by atoms with Crippen LogP contribution in [0.5, 0.6) is 0 Å². The maximum absolute atomic E-state index is 2.57. The van der Waals surface area contributed by atoms with Crippen molar-refractivity contribution in [2.24, 2.45) is 0 Å². The van der Waals surface area contributed by atoms with Crippen LogP contribution in [0, 0.1) is 0 Å². The van der Waals surface area contributed by atoms with Crippen molar-refractivity contribution in [2.75, 3.05) is 14.7 Å². The van der Waals surface area contributed by atoms with Crippen LogP contribution in [-0.4, -0.2) is 0 Å². The van der Waals surface area contributed by atoms with E-state index in [2.05, 4.69) is 396 Å². The summed E-state index contributed by atoms with van der Waals surface area (Å²) >= 11 is 0. The number of anilines is 9. The van der Waals surface area contributed by atoms with Crippen molar-refractivity contribution >= 4 is 72.7 Å². The molecule has 0 spiro atoms. The highest BCUT2D eigenvalue weighted by molar-refractivity contribution is 6.12. The molecule has 0 N–H and O–H groups in total. The van der Waals surface area contributed by atoms with Crippen molar-refractivity contribution in [3.63, 3.8) is 0 Å². The smallest absolute Gasteiger partial charge is 0.0543 e. The first-order valence-electron chi connectivity index (χ1n) is 37.1. The molecule has 0 radical (unpaired) electrons. The van der Waals surface area contributed by atoms with E-state index in [4.69, 9.17) is 0 Å². The molecule has 3 nitrogen and oxygen atoms in total. The summed E-state index contributed by atoms with van der Waals surface area (Å²) in [6.07, 6.45) is 0.869. The van der Waals surface area contributed by atoms with Gasteiger partial charge in [0, 0.05) is 72.2 Å². The predicted molar refractivity (Wildman–Crippen MR) is 438 cm³/mol. The van der Waals surface area contributed by atoms with Gasteiger partial charge in [-0.1, -0.05) is 260 Å². The van der Waals surface area contributed by atoms with Gasteiger partial charge >= 0.3 is 0 Å². The SMILES string of the molecule is CC(C)(C)c1ccc(N(c2ccc(C(C)(C)Cc3ccc(N(c4ccccc4)c4cc5c(c6ccccc46)-c4cc6c(cc4C5(C)C)-c4ccc(N(c5ccccc5)c5ccccc5)cc4C6(C)C)cc3)cc2)c2cc3c(c4ccccc24)-c2cc4c(cc2C3(C)C)-c2ccccc2C4(C)C)cc1. The van der Waals surface area contributed by atoms with Crippen LogP contribution in [-0.2, 0) is 38.9 Å². The van der Waals surface area contributed by atoms with Gasteiger partial charge in [0.05, 0.1) is 11.4 Å². The summed E-state index contributed by atoms with van der Waals surface area (Å²) in [5.74, 6) is 0. The first-order chi connectivity index (χ1) is 49.5. The monoisotopic (exact) mass is 1330 g/mol. The summed E-state index contributed by atoms with van der Waals surface area (Å²) in [4.78, 5) is 7.41. The number of hydrogen-bond donors (Lipinski definition) is 0. The van der Waals surface area contributed by atoms with E-state index in [1.54, 1.807) is 0 Å². The Hall–Kier alpha value is -11.0. The Balaban J connectivity index is 0.674. The van der Waals surface area contributed by atoms with E-state index in [9.17, 15) is 0 Å². The number of benzene rings is 14. The molecule has 504 valence electrons. The lowest BCUT2D eigenvalue weighted by atomic mass is 9.79. The molecule has 3 heteroatoms. The van der Waals surface area contributed by atoms with Gasteiger partial charge in [-0.15, -0.1) is 0 Å². The number of nitrogens with zero attached hydrogens (tertiary/aromatic N) is 3. The van der Waals surface area contributed by atoms with Crippen molar-refractivity contribution in [3.8, 4) is 44.5 Å². The largest absolute Gasteiger partial charge is 0.310 e. The van der Waals surface area contributed by atoms with Gasteiger partial charge in [-0.3, -0.25) is 0 Å². The highest BCUT2D eigenvalue weighted by Crippen LogP contribution is 2.62. The van der Waals surface area contributed by atoms with E-state index in [1.165, 1.54) is 139 Å². The lowest BCUT2D eigenvalue weighted by molar-refractivity contribution is 0.522. The van der Waals surface area contributed by atoms with Crippen LogP contribution < -0.4 is 14.7 Å². The Morgan fingerprint density at radius 1 is 0.243 bits per heavy atom. The van der Waals surface area contributed by atoms with Gasteiger partial charge in [-0.05, 0) is 255 Å². The van der Waals surface area contributed by atoms with Gasteiger partial charge in [0.25, 0.3) is 0 Å². The van der Waals surface area contributed by atoms with E-state index >= 15 is 0 Å². The standard InChI is InChI=1S/C100H89N3/c1-95(2,3)64-43-49-70(50-44-64)103(92-61-90-93(78-39-26-24-37-76(78)92)81-58-85-79(56-87(81)99(90,10)11)73-35-27-28-40-83(73)97(85,6)7)71-51-45-65(46-52-71)96(4,5)62-63-41-47-69(48-42-63)102(68-33-21-16-22-34-68)91-60-89-94(77-38-25-23-36-75(77)91)82-59-86-80(57-88(82)100(89,12)13)74-54-53-72(55-84(74)98(86,8)9)101(66-29-17-14-18-30-66)67-31-19-15-20-32-67/h14-61H,62H2,1-13H3. The number of rotatable bonds is 12. The third-order valence-electron chi connectivity index (χ3n) is 24.3. The molecule has 18 rings (SSSR count). The Labute approximate surface area is 609 Å². The summed E-state index contributed by atoms with van der Waals surface area (Å²) in [5.41, 5.74) is 35.2. The normalized spacial score (nSPS) is 15.0. The fourth-order valence-electron chi connectivity index (χ4n) is 18.6. The minimum absolute atomic E-state index is 0.0181. The van der Waals surface area contributed by atoms with Crippen molar-refractivity contribution in [1.82, 2.24) is 0 Å². The third-order valence-corrected chi connectivity index (χ3v) is 24.3. The molecule has 14 aromatic carbocycles. The molecule has 0 unspecified atom stereocenters. The van der Waals surface area contributed by atoms with Gasteiger partial charge in [0.1, 0.15) is 0 Å². The summed E-state index contributed by atoms with van der Waals surface area (Å²) in [7, 11) is 0. The average Bonchev–Trinajstić information content (AvgIpc) is 1.54. The topological polar surface area (TPSA) is 9.72 Å². The molecule has 0 atom stereocenters. The first-order valence-corrected chi connectivity index (χ1v) is 37.1. The van der Waals surface area contributed by atoms with Crippen LogP contribution in [0.1, 0.15) is 151 Å². The zero-order valence-corrected chi connectivity index (χ0v) is 61.8. The molecular weight excluding hydrogens is 1240 g/mol. The van der Waals surface area contributed by atoms with Crippen molar-refractivity contribution in [2.45, 2.75) is 129 Å². The van der Waals surface area contributed by atoms with Crippen LogP contribution >= 0.6 is 0 Å². The average molecular weight is 1330 g/mol.